The molecule has 0 spiro atoms. The van der Waals surface area contributed by atoms with Gasteiger partial charge in [-0.3, -0.25) is 14.9 Å². The maximum absolute atomic E-state index is 13.0. The minimum Gasteiger partial charge on any atom is -0.394 e. The lowest BCUT2D eigenvalue weighted by molar-refractivity contribution is -0.136. The number of hydrogen-bond acceptors (Lipinski definition) is 5. The molecule has 5 nitrogen and oxygen atoms in total. The maximum Gasteiger partial charge on any atom is 0.241 e. The molecule has 2 N–H and O–H groups in total. The fraction of sp³-hybridized carbons (Fsp3) is 0.474. The van der Waals surface area contributed by atoms with E-state index in [1.807, 2.05) is 30.3 Å². The molecule has 0 aromatic heterocycles. The molecule has 1 unspecified atom stereocenters. The molecule has 25 heavy (non-hydrogen) atoms. The Morgan fingerprint density at radius 3 is 2.96 bits per heavy atom. The summed E-state index contributed by atoms with van der Waals surface area (Å²) in [4.78, 5) is 27.7. The molecular formula is C19H22N2O3S. The number of Topliss-reactive ketones (excluding diaryl/α,β-unsaturated/α-hetero) is 1. The van der Waals surface area contributed by atoms with Crippen molar-refractivity contribution >= 4 is 29.5 Å². The largest absolute Gasteiger partial charge is 0.394 e. The number of fused-ring (bicyclic) bond motifs is 1. The minimum absolute atomic E-state index is 0.00925. The summed E-state index contributed by atoms with van der Waals surface area (Å²) < 4.78 is 0. The highest BCUT2D eigenvalue weighted by Gasteiger charge is 2.43. The van der Waals surface area contributed by atoms with Crippen molar-refractivity contribution < 1.29 is 14.7 Å². The standard InChI is InChI=1S/C19H22N2O3S/c22-10-15-6-3-7-21(15)19(24)16-18(25-11-20-16)17(23)14-8-12-4-1-2-5-13(12)9-14/h1-2,4-5,8,15-16,18,20,22H,3,6-7,9-11H2/t15-,16-,18?/m0/s1. The Morgan fingerprint density at radius 2 is 2.16 bits per heavy atom. The molecule has 2 fully saturated rings. The van der Waals surface area contributed by atoms with Crippen molar-refractivity contribution in [2.24, 2.45) is 0 Å². The zero-order valence-electron chi connectivity index (χ0n) is 14.0. The van der Waals surface area contributed by atoms with Crippen molar-refractivity contribution in [3.63, 3.8) is 0 Å². The van der Waals surface area contributed by atoms with Crippen molar-refractivity contribution in [3.05, 3.63) is 41.0 Å². The normalized spacial score (nSPS) is 28.1. The highest BCUT2D eigenvalue weighted by atomic mass is 32.2. The van der Waals surface area contributed by atoms with E-state index in [2.05, 4.69) is 5.32 Å². The molecule has 132 valence electrons. The number of ketones is 1. The Kier molecular flexibility index (Phi) is 4.67. The number of carbonyl (C=O) groups is 2. The fourth-order valence-electron chi connectivity index (χ4n) is 3.99. The predicted molar refractivity (Wildman–Crippen MR) is 98.1 cm³/mol. The Morgan fingerprint density at radius 1 is 1.32 bits per heavy atom. The summed E-state index contributed by atoms with van der Waals surface area (Å²) >= 11 is 1.51. The summed E-state index contributed by atoms with van der Waals surface area (Å²) in [6.45, 7) is 0.659. The van der Waals surface area contributed by atoms with E-state index in [9.17, 15) is 14.7 Å². The van der Waals surface area contributed by atoms with Crippen molar-refractivity contribution in [2.45, 2.75) is 36.6 Å². The van der Waals surface area contributed by atoms with E-state index in [-0.39, 0.29) is 29.6 Å². The molecule has 3 atom stereocenters. The first kappa shape index (κ1) is 16.8. The Labute approximate surface area is 151 Å². The molecule has 4 rings (SSSR count). The highest BCUT2D eigenvalue weighted by Crippen LogP contribution is 2.32. The van der Waals surface area contributed by atoms with Crippen LogP contribution in [-0.4, -0.2) is 58.1 Å². The molecule has 2 saturated heterocycles. The number of likely N-dealkylation sites (tertiary alicyclic amines) is 1. The third-order valence-electron chi connectivity index (χ3n) is 5.35. The number of aliphatic hydroxyl groups is 1. The summed E-state index contributed by atoms with van der Waals surface area (Å²) in [7, 11) is 0. The van der Waals surface area contributed by atoms with E-state index in [0.717, 1.165) is 24.0 Å². The van der Waals surface area contributed by atoms with Gasteiger partial charge in [-0.15, -0.1) is 11.8 Å². The molecule has 2 aliphatic heterocycles. The molecule has 3 aliphatic rings. The molecule has 1 amide bonds. The second kappa shape index (κ2) is 6.94. The summed E-state index contributed by atoms with van der Waals surface area (Å²) in [6, 6.07) is 7.43. The summed E-state index contributed by atoms with van der Waals surface area (Å²) in [5.41, 5.74) is 3.06. The molecule has 1 aromatic carbocycles. The van der Waals surface area contributed by atoms with Crippen LogP contribution in [0.5, 0.6) is 0 Å². The average molecular weight is 358 g/mol. The van der Waals surface area contributed by atoms with Crippen molar-refractivity contribution in [3.8, 4) is 0 Å². The molecule has 2 heterocycles. The van der Waals surface area contributed by atoms with Gasteiger partial charge in [0.1, 0.15) is 6.04 Å². The number of nitrogens with one attached hydrogen (secondary N) is 1. The van der Waals surface area contributed by atoms with Gasteiger partial charge >= 0.3 is 0 Å². The second-order valence-electron chi connectivity index (χ2n) is 6.83. The van der Waals surface area contributed by atoms with Crippen LogP contribution < -0.4 is 5.32 Å². The molecule has 0 bridgehead atoms. The van der Waals surface area contributed by atoms with Crippen LogP contribution in [0.25, 0.3) is 6.08 Å². The summed E-state index contributed by atoms with van der Waals surface area (Å²) in [6.07, 6.45) is 4.36. The molecule has 1 aliphatic carbocycles. The average Bonchev–Trinajstić information content (AvgIpc) is 3.38. The van der Waals surface area contributed by atoms with Gasteiger partial charge in [0.2, 0.25) is 5.91 Å². The number of aliphatic hydroxyl groups excluding tert-OH is 1. The topological polar surface area (TPSA) is 69.6 Å². The van der Waals surface area contributed by atoms with E-state index in [1.54, 1.807) is 4.90 Å². The van der Waals surface area contributed by atoms with E-state index in [0.29, 0.717) is 18.8 Å². The minimum atomic E-state index is -0.491. The SMILES string of the molecule is O=C(C1=Cc2ccccc2C1)C1SCN[C@@H]1C(=O)N1CCC[C@H]1CO. The third-order valence-corrected chi connectivity index (χ3v) is 6.53. The van der Waals surface area contributed by atoms with Crippen LogP contribution in [0.1, 0.15) is 24.0 Å². The Hall–Kier alpha value is -1.63. The van der Waals surface area contributed by atoms with Gasteiger partial charge in [-0.05, 0) is 30.0 Å². The predicted octanol–water partition coefficient (Wildman–Crippen LogP) is 1.21. The van der Waals surface area contributed by atoms with Crippen LogP contribution in [0.2, 0.25) is 0 Å². The van der Waals surface area contributed by atoms with Gasteiger partial charge in [0, 0.05) is 24.4 Å². The number of benzene rings is 1. The molecule has 6 heteroatoms. The van der Waals surface area contributed by atoms with Crippen LogP contribution in [-0.2, 0) is 16.0 Å². The van der Waals surface area contributed by atoms with Gasteiger partial charge in [-0.2, -0.15) is 0 Å². The van der Waals surface area contributed by atoms with Gasteiger partial charge in [0.15, 0.2) is 5.78 Å². The number of carbonyl (C=O) groups excluding carboxylic acids is 2. The quantitative estimate of drug-likeness (QED) is 0.847. The van der Waals surface area contributed by atoms with Crippen LogP contribution >= 0.6 is 11.8 Å². The van der Waals surface area contributed by atoms with Crippen LogP contribution in [0.3, 0.4) is 0 Å². The monoisotopic (exact) mass is 358 g/mol. The van der Waals surface area contributed by atoms with Crippen molar-refractivity contribution in [1.29, 1.82) is 0 Å². The molecular weight excluding hydrogens is 336 g/mol. The number of amides is 1. The highest BCUT2D eigenvalue weighted by molar-refractivity contribution is 8.00. The van der Waals surface area contributed by atoms with E-state index in [4.69, 9.17) is 0 Å². The zero-order valence-corrected chi connectivity index (χ0v) is 14.8. The van der Waals surface area contributed by atoms with E-state index < -0.39 is 6.04 Å². The molecule has 1 aromatic rings. The van der Waals surface area contributed by atoms with E-state index in [1.165, 1.54) is 17.3 Å². The maximum atomic E-state index is 13.0. The lowest BCUT2D eigenvalue weighted by Crippen LogP contribution is -2.52. The lowest BCUT2D eigenvalue weighted by atomic mass is 10.0. The molecule has 0 saturated carbocycles. The Balaban J connectivity index is 1.50. The first-order chi connectivity index (χ1) is 12.2. The van der Waals surface area contributed by atoms with Crippen molar-refractivity contribution in [2.75, 3.05) is 19.0 Å². The summed E-state index contributed by atoms with van der Waals surface area (Å²) in [5.74, 6) is 0.616. The van der Waals surface area contributed by atoms with Crippen LogP contribution in [0.15, 0.2) is 29.8 Å². The van der Waals surface area contributed by atoms with E-state index >= 15 is 0 Å². The number of hydrogen-bond donors (Lipinski definition) is 2. The van der Waals surface area contributed by atoms with Crippen LogP contribution in [0, 0.1) is 0 Å². The third kappa shape index (κ3) is 3.03. The number of thioether (sulfide) groups is 1. The Bertz CT molecular complexity index is 733. The van der Waals surface area contributed by atoms with Gasteiger partial charge in [-0.1, -0.05) is 24.3 Å². The number of rotatable bonds is 4. The van der Waals surface area contributed by atoms with Crippen LogP contribution in [0.4, 0.5) is 0 Å². The fourth-order valence-corrected chi connectivity index (χ4v) is 5.15. The first-order valence-electron chi connectivity index (χ1n) is 8.78. The lowest BCUT2D eigenvalue weighted by Gasteiger charge is -2.28. The summed E-state index contributed by atoms with van der Waals surface area (Å²) in [5, 5.41) is 12.3. The second-order valence-corrected chi connectivity index (χ2v) is 7.96. The number of allylic oxidation sites excluding steroid dienone is 1. The van der Waals surface area contributed by atoms with Gasteiger partial charge < -0.3 is 10.0 Å². The first-order valence-corrected chi connectivity index (χ1v) is 9.83. The smallest absolute Gasteiger partial charge is 0.241 e. The van der Waals surface area contributed by atoms with Gasteiger partial charge in [-0.25, -0.2) is 0 Å². The zero-order chi connectivity index (χ0) is 17.4. The number of nitrogens with zero attached hydrogens (tertiary/aromatic N) is 1. The van der Waals surface area contributed by atoms with Gasteiger partial charge in [0.25, 0.3) is 0 Å². The van der Waals surface area contributed by atoms with Crippen molar-refractivity contribution in [1.82, 2.24) is 10.2 Å². The molecule has 0 radical (unpaired) electrons. The van der Waals surface area contributed by atoms with Gasteiger partial charge in [0.05, 0.1) is 17.9 Å².